The molecule has 0 radical (unpaired) electrons. The van der Waals surface area contributed by atoms with E-state index in [-0.39, 0.29) is 0 Å². The van der Waals surface area contributed by atoms with Crippen molar-refractivity contribution in [1.82, 2.24) is 0 Å². The van der Waals surface area contributed by atoms with Crippen molar-refractivity contribution >= 4 is 12.1 Å². The summed E-state index contributed by atoms with van der Waals surface area (Å²) < 4.78 is 0. The molecule has 2 rings (SSSR count). The Hall–Kier alpha value is -1.61. The quantitative estimate of drug-likeness (QED) is 0.541. The van der Waals surface area contributed by atoms with Crippen LogP contribution >= 0.6 is 0 Å². The van der Waals surface area contributed by atoms with Gasteiger partial charge in [-0.1, -0.05) is 17.7 Å². The molecule has 1 saturated heterocycles. The molecule has 0 saturated carbocycles. The van der Waals surface area contributed by atoms with Crippen molar-refractivity contribution in [2.75, 3.05) is 11.4 Å². The third-order valence-electron chi connectivity index (χ3n) is 2.19. The smallest absolute Gasteiger partial charge is 0.218 e. The van der Waals surface area contributed by atoms with Crippen molar-refractivity contribution in [3.63, 3.8) is 0 Å². The van der Waals surface area contributed by atoms with Crippen LogP contribution in [0.5, 0.6) is 0 Å². The van der Waals surface area contributed by atoms with Crippen LogP contribution < -0.4 is 10.2 Å². The minimum absolute atomic E-state index is 0.837. The van der Waals surface area contributed by atoms with Crippen LogP contribution in [0.25, 0.3) is 0 Å². The molecule has 1 aromatic carbocycles. The molecule has 14 heavy (non-hydrogen) atoms. The van der Waals surface area contributed by atoms with Crippen LogP contribution in [0.3, 0.4) is 0 Å². The van der Waals surface area contributed by atoms with E-state index in [2.05, 4.69) is 5.32 Å². The highest BCUT2D eigenvalue weighted by Crippen LogP contribution is 2.14. The van der Waals surface area contributed by atoms with Gasteiger partial charge in [0.1, 0.15) is 0 Å². The predicted octanol–water partition coefficient (Wildman–Crippen LogP) is 0.376. The molecule has 0 aromatic heterocycles. The van der Waals surface area contributed by atoms with Gasteiger partial charge in [0, 0.05) is 5.69 Å². The van der Waals surface area contributed by atoms with Gasteiger partial charge in [0.2, 0.25) is 6.41 Å². The second-order valence-electron chi connectivity index (χ2n) is 3.46. The van der Waals surface area contributed by atoms with Crippen LogP contribution in [-0.2, 0) is 4.79 Å². The first-order chi connectivity index (χ1) is 6.79. The molecule has 1 heterocycles. The number of nitrogens with zero attached hydrogens (tertiary/aromatic N) is 1. The molecule has 2 N–H and O–H groups in total. The van der Waals surface area contributed by atoms with Crippen LogP contribution in [0.1, 0.15) is 5.56 Å². The molecule has 1 aromatic rings. The summed E-state index contributed by atoms with van der Waals surface area (Å²) in [6, 6.07) is 7.90. The SMILES string of the molecule is Cc1ccc(N(C=O)C=C2C[NH2+]2)cc1. The van der Waals surface area contributed by atoms with E-state index >= 15 is 0 Å². The van der Waals surface area contributed by atoms with Gasteiger partial charge in [0.05, 0.1) is 6.20 Å². The number of hydrogen-bond donors (Lipinski definition) is 1. The van der Waals surface area contributed by atoms with E-state index in [0.29, 0.717) is 0 Å². The molecular formula is C11H13N2O+. The Morgan fingerprint density at radius 3 is 2.50 bits per heavy atom. The maximum atomic E-state index is 10.8. The molecule has 0 atom stereocenters. The summed E-state index contributed by atoms with van der Waals surface area (Å²) in [4.78, 5) is 12.4. The molecule has 0 aliphatic carbocycles. The Bertz CT molecular complexity index is 361. The highest BCUT2D eigenvalue weighted by atomic mass is 16.1. The Morgan fingerprint density at radius 1 is 1.36 bits per heavy atom. The van der Waals surface area contributed by atoms with Crippen molar-refractivity contribution < 1.29 is 10.1 Å². The summed E-state index contributed by atoms with van der Waals surface area (Å²) >= 11 is 0. The fourth-order valence-electron chi connectivity index (χ4n) is 1.23. The van der Waals surface area contributed by atoms with Gasteiger partial charge in [0.25, 0.3) is 0 Å². The molecule has 0 bridgehead atoms. The van der Waals surface area contributed by atoms with Crippen molar-refractivity contribution in [2.45, 2.75) is 6.92 Å². The van der Waals surface area contributed by atoms with E-state index in [1.54, 1.807) is 4.90 Å². The van der Waals surface area contributed by atoms with Gasteiger partial charge in [-0.15, -0.1) is 0 Å². The monoisotopic (exact) mass is 189 g/mol. The van der Waals surface area contributed by atoms with Gasteiger partial charge in [-0.25, -0.2) is 0 Å². The fourth-order valence-corrected chi connectivity index (χ4v) is 1.23. The van der Waals surface area contributed by atoms with Gasteiger partial charge in [-0.2, -0.15) is 0 Å². The fraction of sp³-hybridized carbons (Fsp3) is 0.182. The first kappa shape index (κ1) is 8.97. The Morgan fingerprint density at radius 2 is 2.00 bits per heavy atom. The number of carbonyl (C=O) groups is 1. The first-order valence-electron chi connectivity index (χ1n) is 4.64. The highest BCUT2D eigenvalue weighted by Gasteiger charge is 2.19. The van der Waals surface area contributed by atoms with E-state index in [4.69, 9.17) is 0 Å². The Kier molecular flexibility index (Phi) is 2.33. The lowest BCUT2D eigenvalue weighted by Gasteiger charge is -2.10. The van der Waals surface area contributed by atoms with Crippen molar-refractivity contribution in [1.29, 1.82) is 0 Å². The third-order valence-corrected chi connectivity index (χ3v) is 2.19. The number of nitrogens with two attached hydrogens (primary N) is 1. The number of quaternary nitrogens is 1. The number of hydrogen-bond acceptors (Lipinski definition) is 1. The number of anilines is 1. The normalized spacial score (nSPS) is 16.8. The minimum Gasteiger partial charge on any atom is -0.303 e. The van der Waals surface area contributed by atoms with E-state index < -0.39 is 0 Å². The summed E-state index contributed by atoms with van der Waals surface area (Å²) in [5.74, 6) is 0. The zero-order valence-electron chi connectivity index (χ0n) is 8.10. The summed E-state index contributed by atoms with van der Waals surface area (Å²) in [6.07, 6.45) is 2.71. The molecule has 72 valence electrons. The summed E-state index contributed by atoms with van der Waals surface area (Å²) in [5, 5.41) is 2.09. The molecule has 1 aliphatic heterocycles. The van der Waals surface area contributed by atoms with Crippen molar-refractivity contribution in [2.24, 2.45) is 0 Å². The second kappa shape index (κ2) is 3.64. The second-order valence-corrected chi connectivity index (χ2v) is 3.46. The Labute approximate surface area is 83.0 Å². The largest absolute Gasteiger partial charge is 0.303 e. The van der Waals surface area contributed by atoms with E-state index in [1.165, 1.54) is 11.3 Å². The molecule has 0 unspecified atom stereocenters. The number of amides is 1. The third kappa shape index (κ3) is 2.00. The lowest BCUT2D eigenvalue weighted by Crippen LogP contribution is -2.54. The standard InChI is InChI=1S/C11H12N2O/c1-9-2-4-11(5-3-9)13(8-14)7-10-6-12-10/h2-5,7-8,12H,6H2,1H3/p+1. The Balaban J connectivity index is 2.22. The molecule has 0 spiro atoms. The van der Waals surface area contributed by atoms with Crippen LogP contribution in [0.4, 0.5) is 5.69 Å². The number of aryl methyl sites for hydroxylation is 1. The molecule has 1 amide bonds. The van der Waals surface area contributed by atoms with Crippen LogP contribution in [0.15, 0.2) is 36.2 Å². The van der Waals surface area contributed by atoms with Crippen LogP contribution in [0.2, 0.25) is 0 Å². The van der Waals surface area contributed by atoms with Gasteiger partial charge in [-0.3, -0.25) is 9.69 Å². The molecule has 3 nitrogen and oxygen atoms in total. The van der Waals surface area contributed by atoms with Gasteiger partial charge < -0.3 is 5.32 Å². The molecule has 1 aliphatic rings. The summed E-state index contributed by atoms with van der Waals surface area (Å²) in [6.45, 7) is 3.04. The topological polar surface area (TPSA) is 36.9 Å². The summed E-state index contributed by atoms with van der Waals surface area (Å²) in [5.41, 5.74) is 3.33. The van der Waals surface area contributed by atoms with Gasteiger partial charge >= 0.3 is 0 Å². The van der Waals surface area contributed by atoms with E-state index in [1.807, 2.05) is 37.4 Å². The zero-order valence-corrected chi connectivity index (χ0v) is 8.10. The van der Waals surface area contributed by atoms with E-state index in [9.17, 15) is 4.79 Å². The number of carbonyl (C=O) groups excluding carboxylic acids is 1. The lowest BCUT2D eigenvalue weighted by molar-refractivity contribution is -0.447. The van der Waals surface area contributed by atoms with Crippen LogP contribution in [0, 0.1) is 6.92 Å². The first-order valence-corrected chi connectivity index (χ1v) is 4.64. The summed E-state index contributed by atoms with van der Waals surface area (Å²) in [7, 11) is 0. The average molecular weight is 189 g/mol. The maximum absolute atomic E-state index is 10.8. The predicted molar refractivity (Wildman–Crippen MR) is 54.6 cm³/mol. The number of rotatable bonds is 3. The average Bonchev–Trinajstić information content (AvgIpc) is 3.00. The number of benzene rings is 1. The lowest BCUT2D eigenvalue weighted by atomic mass is 10.2. The zero-order chi connectivity index (χ0) is 9.97. The van der Waals surface area contributed by atoms with Crippen LogP contribution in [-0.4, -0.2) is 13.0 Å². The maximum Gasteiger partial charge on any atom is 0.218 e. The van der Waals surface area contributed by atoms with Crippen molar-refractivity contribution in [3.05, 3.63) is 41.7 Å². The van der Waals surface area contributed by atoms with Crippen molar-refractivity contribution in [3.8, 4) is 0 Å². The highest BCUT2D eigenvalue weighted by molar-refractivity contribution is 5.77. The molecule has 1 fully saturated rings. The van der Waals surface area contributed by atoms with E-state index in [0.717, 1.165) is 18.6 Å². The minimum atomic E-state index is 0.837. The van der Waals surface area contributed by atoms with Gasteiger partial charge in [-0.05, 0) is 19.1 Å². The molecule has 3 heteroatoms. The molecular weight excluding hydrogens is 176 g/mol. The van der Waals surface area contributed by atoms with Gasteiger partial charge in [0.15, 0.2) is 12.2 Å².